The first-order chi connectivity index (χ1) is 8.26. The van der Waals surface area contributed by atoms with E-state index in [9.17, 15) is 4.79 Å². The fourth-order valence-electron chi connectivity index (χ4n) is 2.24. The maximum absolute atomic E-state index is 11.6. The Hall–Kier alpha value is -0.610. The van der Waals surface area contributed by atoms with Gasteiger partial charge in [0.25, 0.3) is 0 Å². The summed E-state index contributed by atoms with van der Waals surface area (Å²) >= 11 is 0. The van der Waals surface area contributed by atoms with Crippen molar-refractivity contribution in [1.82, 2.24) is 10.6 Å². The van der Waals surface area contributed by atoms with Gasteiger partial charge in [0, 0.05) is 25.1 Å². The van der Waals surface area contributed by atoms with E-state index in [2.05, 4.69) is 17.6 Å². The van der Waals surface area contributed by atoms with Crippen molar-refractivity contribution in [3.63, 3.8) is 0 Å². The molecule has 0 atom stereocenters. The Morgan fingerprint density at radius 1 is 1.18 bits per heavy atom. The Labute approximate surface area is 104 Å². The van der Waals surface area contributed by atoms with Crippen molar-refractivity contribution in [3.8, 4) is 0 Å². The highest BCUT2D eigenvalue weighted by Crippen LogP contribution is 2.18. The standard InChI is InChI=1S/C13H26N2O2/c1-3-9-17-10-8-13(16)15-12-6-4-11(14-2)5-7-12/h11-12,14H,3-10H2,1-2H3,(H,15,16). The second kappa shape index (κ2) is 8.48. The SMILES string of the molecule is CCCOCCC(=O)NC1CCC(NC)CC1. The van der Waals surface area contributed by atoms with Crippen LogP contribution in [0, 0.1) is 0 Å². The number of carbonyl (C=O) groups excluding carboxylic acids is 1. The minimum absolute atomic E-state index is 0.133. The van der Waals surface area contributed by atoms with Crippen LogP contribution in [0.5, 0.6) is 0 Å². The quantitative estimate of drug-likeness (QED) is 0.664. The fourth-order valence-corrected chi connectivity index (χ4v) is 2.24. The van der Waals surface area contributed by atoms with E-state index in [1.54, 1.807) is 0 Å². The smallest absolute Gasteiger partial charge is 0.222 e. The molecule has 4 nitrogen and oxygen atoms in total. The summed E-state index contributed by atoms with van der Waals surface area (Å²) in [7, 11) is 2.01. The van der Waals surface area contributed by atoms with Crippen molar-refractivity contribution in [2.75, 3.05) is 20.3 Å². The van der Waals surface area contributed by atoms with E-state index in [1.807, 2.05) is 7.05 Å². The second-order valence-electron chi connectivity index (χ2n) is 4.77. The van der Waals surface area contributed by atoms with Gasteiger partial charge < -0.3 is 15.4 Å². The van der Waals surface area contributed by atoms with Gasteiger partial charge in [0.05, 0.1) is 6.61 Å². The van der Waals surface area contributed by atoms with Gasteiger partial charge in [-0.3, -0.25) is 4.79 Å². The number of carbonyl (C=O) groups is 1. The number of ether oxygens (including phenoxy) is 1. The van der Waals surface area contributed by atoms with Gasteiger partial charge in [-0.25, -0.2) is 0 Å². The van der Waals surface area contributed by atoms with Crippen LogP contribution < -0.4 is 10.6 Å². The van der Waals surface area contributed by atoms with E-state index in [4.69, 9.17) is 4.74 Å². The van der Waals surface area contributed by atoms with E-state index in [1.165, 1.54) is 0 Å². The normalized spacial score (nSPS) is 24.6. The summed E-state index contributed by atoms with van der Waals surface area (Å²) in [5, 5.41) is 6.39. The average molecular weight is 242 g/mol. The Kier molecular flexibility index (Phi) is 7.21. The Morgan fingerprint density at radius 2 is 1.82 bits per heavy atom. The molecule has 1 aliphatic carbocycles. The van der Waals surface area contributed by atoms with Crippen LogP contribution in [0.2, 0.25) is 0 Å². The molecule has 100 valence electrons. The zero-order chi connectivity index (χ0) is 12.5. The van der Waals surface area contributed by atoms with Crippen molar-refractivity contribution in [3.05, 3.63) is 0 Å². The third kappa shape index (κ3) is 6.03. The van der Waals surface area contributed by atoms with Crippen LogP contribution >= 0.6 is 0 Å². The van der Waals surface area contributed by atoms with Crippen molar-refractivity contribution in [2.24, 2.45) is 0 Å². The van der Waals surface area contributed by atoms with Crippen LogP contribution in [0.1, 0.15) is 45.4 Å². The Balaban J connectivity index is 2.06. The molecule has 1 aliphatic rings. The van der Waals surface area contributed by atoms with E-state index < -0.39 is 0 Å². The molecule has 2 N–H and O–H groups in total. The van der Waals surface area contributed by atoms with Crippen LogP contribution in [0.15, 0.2) is 0 Å². The van der Waals surface area contributed by atoms with Gasteiger partial charge in [-0.05, 0) is 39.2 Å². The fraction of sp³-hybridized carbons (Fsp3) is 0.923. The largest absolute Gasteiger partial charge is 0.381 e. The highest BCUT2D eigenvalue weighted by atomic mass is 16.5. The minimum Gasteiger partial charge on any atom is -0.381 e. The second-order valence-corrected chi connectivity index (χ2v) is 4.77. The summed E-state index contributed by atoms with van der Waals surface area (Å²) in [5.74, 6) is 0.133. The zero-order valence-electron chi connectivity index (χ0n) is 11.1. The maximum atomic E-state index is 11.6. The third-order valence-electron chi connectivity index (χ3n) is 3.32. The van der Waals surface area contributed by atoms with Crippen molar-refractivity contribution >= 4 is 5.91 Å². The summed E-state index contributed by atoms with van der Waals surface area (Å²) in [6.45, 7) is 3.37. The Morgan fingerprint density at radius 3 is 2.41 bits per heavy atom. The third-order valence-corrected chi connectivity index (χ3v) is 3.32. The highest BCUT2D eigenvalue weighted by Gasteiger charge is 2.20. The molecular weight excluding hydrogens is 216 g/mol. The van der Waals surface area contributed by atoms with Crippen molar-refractivity contribution in [1.29, 1.82) is 0 Å². The molecule has 0 bridgehead atoms. The molecule has 0 aromatic heterocycles. The summed E-state index contributed by atoms with van der Waals surface area (Å²) in [6.07, 6.45) is 6.00. The van der Waals surface area contributed by atoms with Gasteiger partial charge in [0.15, 0.2) is 0 Å². The number of nitrogens with one attached hydrogen (secondary N) is 2. The monoisotopic (exact) mass is 242 g/mol. The van der Waals surface area contributed by atoms with Gasteiger partial charge in [0.1, 0.15) is 0 Å². The maximum Gasteiger partial charge on any atom is 0.222 e. The summed E-state index contributed by atoms with van der Waals surface area (Å²) in [4.78, 5) is 11.6. The molecule has 0 aliphatic heterocycles. The Bertz CT molecular complexity index is 213. The molecule has 17 heavy (non-hydrogen) atoms. The van der Waals surface area contributed by atoms with Gasteiger partial charge >= 0.3 is 0 Å². The van der Waals surface area contributed by atoms with E-state index in [-0.39, 0.29) is 5.91 Å². The lowest BCUT2D eigenvalue weighted by Crippen LogP contribution is -2.41. The number of rotatable bonds is 7. The van der Waals surface area contributed by atoms with Crippen molar-refractivity contribution < 1.29 is 9.53 Å². The molecule has 1 saturated carbocycles. The van der Waals surface area contributed by atoms with E-state index >= 15 is 0 Å². The van der Waals surface area contributed by atoms with E-state index in [0.29, 0.717) is 25.1 Å². The van der Waals surface area contributed by atoms with Crippen LogP contribution in [-0.4, -0.2) is 38.3 Å². The first kappa shape index (κ1) is 14.5. The predicted octanol–water partition coefficient (Wildman–Crippen LogP) is 1.45. The van der Waals surface area contributed by atoms with Crippen LogP contribution in [0.4, 0.5) is 0 Å². The van der Waals surface area contributed by atoms with Gasteiger partial charge in [-0.2, -0.15) is 0 Å². The van der Waals surface area contributed by atoms with Crippen molar-refractivity contribution in [2.45, 2.75) is 57.5 Å². The number of hydrogen-bond acceptors (Lipinski definition) is 3. The lowest BCUT2D eigenvalue weighted by Gasteiger charge is -2.28. The van der Waals surface area contributed by atoms with Gasteiger partial charge in [0.2, 0.25) is 5.91 Å². The molecule has 0 aromatic carbocycles. The molecule has 1 rings (SSSR count). The summed E-state index contributed by atoms with van der Waals surface area (Å²) in [5.41, 5.74) is 0. The molecule has 4 heteroatoms. The first-order valence-corrected chi connectivity index (χ1v) is 6.80. The molecule has 1 amide bonds. The van der Waals surface area contributed by atoms with E-state index in [0.717, 1.165) is 38.7 Å². The van der Waals surface area contributed by atoms with Gasteiger partial charge in [-0.15, -0.1) is 0 Å². The summed E-state index contributed by atoms with van der Waals surface area (Å²) < 4.78 is 5.31. The zero-order valence-corrected chi connectivity index (χ0v) is 11.1. The van der Waals surface area contributed by atoms with Crippen LogP contribution in [-0.2, 0) is 9.53 Å². The number of hydrogen-bond donors (Lipinski definition) is 2. The summed E-state index contributed by atoms with van der Waals surface area (Å²) in [6, 6.07) is 1.01. The molecular formula is C13H26N2O2. The average Bonchev–Trinajstić information content (AvgIpc) is 2.36. The van der Waals surface area contributed by atoms with Gasteiger partial charge in [-0.1, -0.05) is 6.92 Å². The topological polar surface area (TPSA) is 50.4 Å². The molecule has 0 unspecified atom stereocenters. The number of amides is 1. The molecule has 0 saturated heterocycles. The van der Waals surface area contributed by atoms with Crippen LogP contribution in [0.3, 0.4) is 0 Å². The minimum atomic E-state index is 0.133. The molecule has 0 spiro atoms. The highest BCUT2D eigenvalue weighted by molar-refractivity contribution is 5.76. The molecule has 0 heterocycles. The van der Waals surface area contributed by atoms with Crippen LogP contribution in [0.25, 0.3) is 0 Å². The predicted molar refractivity (Wildman–Crippen MR) is 69.0 cm³/mol. The molecule has 0 aromatic rings. The lowest BCUT2D eigenvalue weighted by atomic mass is 9.91. The molecule has 0 radical (unpaired) electrons. The first-order valence-electron chi connectivity index (χ1n) is 6.80. The lowest BCUT2D eigenvalue weighted by molar-refractivity contribution is -0.123. The molecule has 1 fully saturated rings.